The first kappa shape index (κ1) is 16.2. The molecule has 0 radical (unpaired) electrons. The fraction of sp³-hybridized carbons (Fsp3) is 0.867. The first-order chi connectivity index (χ1) is 10.1. The highest BCUT2D eigenvalue weighted by Gasteiger charge is 2.42. The molecule has 2 heterocycles. The molecule has 1 N–H and O–H groups in total. The summed E-state index contributed by atoms with van der Waals surface area (Å²) in [7, 11) is 0. The third-order valence-electron chi connectivity index (χ3n) is 4.41. The monoisotopic (exact) mass is 298 g/mol. The molecule has 4 unspecified atom stereocenters. The molecule has 0 aromatic rings. The maximum absolute atomic E-state index is 12.7. The summed E-state index contributed by atoms with van der Waals surface area (Å²) in [6.45, 7) is 7.99. The van der Waals surface area contributed by atoms with Crippen LogP contribution in [-0.2, 0) is 19.1 Å². The molecule has 0 aromatic heterocycles. The first-order valence-electron chi connectivity index (χ1n) is 7.88. The van der Waals surface area contributed by atoms with Gasteiger partial charge in [-0.15, -0.1) is 0 Å². The average Bonchev–Trinajstić information content (AvgIpc) is 2.51. The van der Waals surface area contributed by atoms with Crippen LogP contribution in [-0.4, -0.2) is 61.3 Å². The van der Waals surface area contributed by atoms with E-state index in [2.05, 4.69) is 5.32 Å². The predicted octanol–water partition coefficient (Wildman–Crippen LogP) is 0.554. The molecule has 120 valence electrons. The fourth-order valence-electron chi connectivity index (χ4n) is 2.89. The standard InChI is InChI=1S/C15H26N2O4/c1-4-10(3)13-15(19)17(12(5-2)14(18)16-13)8-11-9-20-6-7-21-11/h10-13H,4-9H2,1-3H3,(H,16,18). The van der Waals surface area contributed by atoms with Crippen molar-refractivity contribution in [2.75, 3.05) is 26.4 Å². The van der Waals surface area contributed by atoms with Gasteiger partial charge in [0.1, 0.15) is 12.1 Å². The predicted molar refractivity (Wildman–Crippen MR) is 77.7 cm³/mol. The molecule has 21 heavy (non-hydrogen) atoms. The van der Waals surface area contributed by atoms with Crippen molar-refractivity contribution < 1.29 is 19.1 Å². The molecule has 2 aliphatic rings. The van der Waals surface area contributed by atoms with E-state index in [0.717, 1.165) is 6.42 Å². The molecule has 6 heteroatoms. The number of piperazine rings is 1. The number of hydrogen-bond acceptors (Lipinski definition) is 4. The lowest BCUT2D eigenvalue weighted by atomic mass is 9.93. The number of amides is 2. The molecule has 2 aliphatic heterocycles. The molecule has 2 amide bonds. The summed E-state index contributed by atoms with van der Waals surface area (Å²) in [5, 5.41) is 2.88. The number of carbonyl (C=O) groups is 2. The Kier molecular flexibility index (Phi) is 5.58. The van der Waals surface area contributed by atoms with Crippen LogP contribution in [0.5, 0.6) is 0 Å². The van der Waals surface area contributed by atoms with Gasteiger partial charge < -0.3 is 19.7 Å². The molecule has 2 saturated heterocycles. The van der Waals surface area contributed by atoms with E-state index in [1.165, 1.54) is 0 Å². The third kappa shape index (κ3) is 3.55. The van der Waals surface area contributed by atoms with Gasteiger partial charge in [-0.3, -0.25) is 9.59 Å². The SMILES string of the molecule is CCC(C)C1NC(=O)C(CC)N(CC2COCCO2)C1=O. The minimum Gasteiger partial charge on any atom is -0.376 e. The number of carbonyl (C=O) groups excluding carboxylic acids is 2. The molecule has 0 saturated carbocycles. The summed E-state index contributed by atoms with van der Waals surface area (Å²) in [6, 6.07) is -0.821. The zero-order valence-corrected chi connectivity index (χ0v) is 13.1. The third-order valence-corrected chi connectivity index (χ3v) is 4.41. The van der Waals surface area contributed by atoms with Crippen molar-refractivity contribution in [1.82, 2.24) is 10.2 Å². The first-order valence-corrected chi connectivity index (χ1v) is 7.88. The number of nitrogens with one attached hydrogen (secondary N) is 1. The van der Waals surface area contributed by atoms with Crippen LogP contribution in [0.25, 0.3) is 0 Å². The minimum atomic E-state index is -0.421. The number of hydrogen-bond donors (Lipinski definition) is 1. The Balaban J connectivity index is 2.11. The van der Waals surface area contributed by atoms with Crippen molar-refractivity contribution >= 4 is 11.8 Å². The van der Waals surface area contributed by atoms with Gasteiger partial charge >= 0.3 is 0 Å². The van der Waals surface area contributed by atoms with Gasteiger partial charge in [0.05, 0.1) is 32.5 Å². The van der Waals surface area contributed by atoms with E-state index in [0.29, 0.717) is 32.8 Å². The Morgan fingerprint density at radius 3 is 2.67 bits per heavy atom. The fourth-order valence-corrected chi connectivity index (χ4v) is 2.89. The van der Waals surface area contributed by atoms with Crippen LogP contribution in [0, 0.1) is 5.92 Å². The van der Waals surface area contributed by atoms with Gasteiger partial charge in [-0.1, -0.05) is 27.2 Å². The highest BCUT2D eigenvalue weighted by atomic mass is 16.6. The van der Waals surface area contributed by atoms with Gasteiger partial charge in [0.25, 0.3) is 0 Å². The van der Waals surface area contributed by atoms with Crippen LogP contribution in [0.4, 0.5) is 0 Å². The van der Waals surface area contributed by atoms with E-state index in [1.807, 2.05) is 20.8 Å². The van der Waals surface area contributed by atoms with Gasteiger partial charge in [-0.05, 0) is 12.3 Å². The molecule has 0 aliphatic carbocycles. The van der Waals surface area contributed by atoms with Gasteiger partial charge in [0.2, 0.25) is 11.8 Å². The second kappa shape index (κ2) is 7.22. The largest absolute Gasteiger partial charge is 0.376 e. The lowest BCUT2D eigenvalue weighted by molar-refractivity contribution is -0.157. The van der Waals surface area contributed by atoms with E-state index in [1.54, 1.807) is 4.90 Å². The zero-order chi connectivity index (χ0) is 15.4. The molecule has 2 rings (SSSR count). The maximum Gasteiger partial charge on any atom is 0.246 e. The molecular weight excluding hydrogens is 272 g/mol. The minimum absolute atomic E-state index is 0.00461. The van der Waals surface area contributed by atoms with Crippen molar-refractivity contribution in [3.63, 3.8) is 0 Å². The zero-order valence-electron chi connectivity index (χ0n) is 13.1. The molecule has 4 atom stereocenters. The average molecular weight is 298 g/mol. The van der Waals surface area contributed by atoms with E-state index in [9.17, 15) is 9.59 Å². The molecular formula is C15H26N2O4. The van der Waals surface area contributed by atoms with Crippen LogP contribution in [0.3, 0.4) is 0 Å². The van der Waals surface area contributed by atoms with Gasteiger partial charge in [-0.25, -0.2) is 0 Å². The van der Waals surface area contributed by atoms with E-state index >= 15 is 0 Å². The van der Waals surface area contributed by atoms with E-state index in [4.69, 9.17) is 9.47 Å². The van der Waals surface area contributed by atoms with Gasteiger partial charge in [-0.2, -0.15) is 0 Å². The summed E-state index contributed by atoms with van der Waals surface area (Å²) in [4.78, 5) is 26.7. The van der Waals surface area contributed by atoms with Crippen molar-refractivity contribution in [3.05, 3.63) is 0 Å². The second-order valence-corrected chi connectivity index (χ2v) is 5.85. The van der Waals surface area contributed by atoms with Crippen LogP contribution in [0.1, 0.15) is 33.6 Å². The van der Waals surface area contributed by atoms with Crippen molar-refractivity contribution in [2.24, 2.45) is 5.92 Å². The molecule has 0 aromatic carbocycles. The van der Waals surface area contributed by atoms with E-state index in [-0.39, 0.29) is 23.8 Å². The molecule has 0 spiro atoms. The molecule has 2 fully saturated rings. The molecule has 6 nitrogen and oxygen atoms in total. The quantitative estimate of drug-likeness (QED) is 0.805. The van der Waals surface area contributed by atoms with Crippen LogP contribution in [0.15, 0.2) is 0 Å². The van der Waals surface area contributed by atoms with E-state index < -0.39 is 12.1 Å². The Hall–Kier alpha value is -1.14. The van der Waals surface area contributed by atoms with Crippen LogP contribution < -0.4 is 5.32 Å². The smallest absolute Gasteiger partial charge is 0.246 e. The highest BCUT2D eigenvalue weighted by molar-refractivity contribution is 5.97. The lowest BCUT2D eigenvalue weighted by Crippen LogP contribution is -2.66. The van der Waals surface area contributed by atoms with Crippen molar-refractivity contribution in [2.45, 2.75) is 51.8 Å². The van der Waals surface area contributed by atoms with Crippen LogP contribution >= 0.6 is 0 Å². The van der Waals surface area contributed by atoms with Crippen molar-refractivity contribution in [3.8, 4) is 0 Å². The highest BCUT2D eigenvalue weighted by Crippen LogP contribution is 2.20. The Labute approximate surface area is 126 Å². The number of rotatable bonds is 5. The van der Waals surface area contributed by atoms with Crippen molar-refractivity contribution in [1.29, 1.82) is 0 Å². The van der Waals surface area contributed by atoms with Crippen LogP contribution in [0.2, 0.25) is 0 Å². The lowest BCUT2D eigenvalue weighted by Gasteiger charge is -2.42. The number of ether oxygens (including phenoxy) is 2. The summed E-state index contributed by atoms with van der Waals surface area (Å²) in [5.74, 6) is 0.0781. The summed E-state index contributed by atoms with van der Waals surface area (Å²) in [5.41, 5.74) is 0. The summed E-state index contributed by atoms with van der Waals surface area (Å²) in [6.07, 6.45) is 1.32. The normalized spacial score (nSPS) is 32.0. The maximum atomic E-state index is 12.7. The second-order valence-electron chi connectivity index (χ2n) is 5.85. The van der Waals surface area contributed by atoms with Gasteiger partial charge in [0.15, 0.2) is 0 Å². The summed E-state index contributed by atoms with van der Waals surface area (Å²) < 4.78 is 11.0. The Morgan fingerprint density at radius 2 is 2.10 bits per heavy atom. The van der Waals surface area contributed by atoms with Gasteiger partial charge in [0, 0.05) is 0 Å². The number of nitrogens with zero attached hydrogens (tertiary/aromatic N) is 1. The topological polar surface area (TPSA) is 67.9 Å². The molecule has 0 bridgehead atoms. The summed E-state index contributed by atoms with van der Waals surface area (Å²) >= 11 is 0. The Bertz CT molecular complexity index is 382. The Morgan fingerprint density at radius 1 is 1.33 bits per heavy atom.